The van der Waals surface area contributed by atoms with E-state index >= 15 is 4.39 Å². The van der Waals surface area contributed by atoms with Crippen molar-refractivity contribution < 1.29 is 35.8 Å². The highest BCUT2D eigenvalue weighted by molar-refractivity contribution is 5.88. The number of ether oxygens (including phenoxy) is 2. The molecule has 0 radical (unpaired) electrons. The number of unbranched alkanes of at least 4 members (excludes halogenated alkanes) is 1. The van der Waals surface area contributed by atoms with Crippen LogP contribution in [0.1, 0.15) is 30.9 Å². The molecule has 0 spiro atoms. The van der Waals surface area contributed by atoms with Crippen molar-refractivity contribution in [1.29, 1.82) is 0 Å². The van der Waals surface area contributed by atoms with E-state index in [0.29, 0.717) is 35.8 Å². The second-order valence-electron chi connectivity index (χ2n) is 8.99. The van der Waals surface area contributed by atoms with Crippen LogP contribution in [0.5, 0.6) is 11.5 Å². The molecule has 2 nitrogen and oxygen atoms in total. The van der Waals surface area contributed by atoms with Gasteiger partial charge in [0.15, 0.2) is 6.61 Å². The van der Waals surface area contributed by atoms with E-state index < -0.39 is 30.2 Å². The molecule has 0 unspecified atom stereocenters. The van der Waals surface area contributed by atoms with Crippen LogP contribution in [0.3, 0.4) is 0 Å². The zero-order valence-corrected chi connectivity index (χ0v) is 20.7. The van der Waals surface area contributed by atoms with Crippen molar-refractivity contribution in [1.82, 2.24) is 0 Å². The first-order valence-corrected chi connectivity index (χ1v) is 12.3. The van der Waals surface area contributed by atoms with E-state index in [-0.39, 0.29) is 22.6 Å². The number of halogens is 6. The molecule has 4 aromatic rings. The van der Waals surface area contributed by atoms with E-state index in [1.165, 1.54) is 24.3 Å². The Hall–Kier alpha value is -3.68. The van der Waals surface area contributed by atoms with Gasteiger partial charge in [-0.25, -0.2) is 13.2 Å². The maximum Gasteiger partial charge on any atom is 0.422 e. The molecule has 0 amide bonds. The molecule has 0 saturated heterocycles. The van der Waals surface area contributed by atoms with Crippen molar-refractivity contribution in [2.24, 2.45) is 0 Å². The Balaban J connectivity index is 1.48. The van der Waals surface area contributed by atoms with E-state index in [9.17, 15) is 22.0 Å². The molecule has 8 heteroatoms. The molecule has 0 bridgehead atoms. The highest BCUT2D eigenvalue weighted by Crippen LogP contribution is 2.33. The second-order valence-corrected chi connectivity index (χ2v) is 8.99. The summed E-state index contributed by atoms with van der Waals surface area (Å²) in [6.07, 6.45) is -1.92. The molecule has 4 aromatic carbocycles. The first kappa shape index (κ1) is 27.4. The molecule has 200 valence electrons. The molecule has 0 saturated carbocycles. The van der Waals surface area contributed by atoms with Crippen LogP contribution in [0.2, 0.25) is 0 Å². The van der Waals surface area contributed by atoms with Gasteiger partial charge >= 0.3 is 6.18 Å². The van der Waals surface area contributed by atoms with Gasteiger partial charge in [-0.05, 0) is 59.5 Å². The Kier molecular flexibility index (Phi) is 8.49. The van der Waals surface area contributed by atoms with E-state index in [1.54, 1.807) is 30.3 Å². The average Bonchev–Trinajstić information content (AvgIpc) is 2.87. The van der Waals surface area contributed by atoms with E-state index in [0.717, 1.165) is 30.5 Å². The minimum absolute atomic E-state index is 0.102. The maximum absolute atomic E-state index is 15.3. The number of hydrogen-bond acceptors (Lipinski definition) is 2. The van der Waals surface area contributed by atoms with Crippen molar-refractivity contribution in [2.75, 3.05) is 13.2 Å². The van der Waals surface area contributed by atoms with Crippen LogP contribution in [-0.4, -0.2) is 19.4 Å². The fraction of sp³-hybridized carbons (Fsp3) is 0.267. The minimum atomic E-state index is -4.41. The minimum Gasteiger partial charge on any atom is -0.493 e. The molecule has 0 aliphatic heterocycles. The van der Waals surface area contributed by atoms with Gasteiger partial charge in [0.25, 0.3) is 0 Å². The predicted octanol–water partition coefficient (Wildman–Crippen LogP) is 8.83. The topological polar surface area (TPSA) is 18.5 Å². The average molecular weight is 533 g/mol. The van der Waals surface area contributed by atoms with Crippen LogP contribution in [0.25, 0.3) is 21.9 Å². The van der Waals surface area contributed by atoms with E-state index in [1.807, 2.05) is 6.92 Å². The van der Waals surface area contributed by atoms with Gasteiger partial charge in [-0.3, -0.25) is 0 Å². The second kappa shape index (κ2) is 11.8. The highest BCUT2D eigenvalue weighted by atomic mass is 19.4. The quantitative estimate of drug-likeness (QED) is 0.150. The van der Waals surface area contributed by atoms with Crippen molar-refractivity contribution in [3.05, 3.63) is 95.3 Å². The number of benzene rings is 4. The number of fused-ring (bicyclic) bond motifs is 1. The zero-order chi connectivity index (χ0) is 27.3. The first-order chi connectivity index (χ1) is 18.1. The number of aryl methyl sites for hydroxylation is 2. The van der Waals surface area contributed by atoms with Gasteiger partial charge in [-0.1, -0.05) is 49.7 Å². The lowest BCUT2D eigenvalue weighted by Crippen LogP contribution is -2.19. The number of hydrogen-bond donors (Lipinski definition) is 0. The van der Waals surface area contributed by atoms with Gasteiger partial charge in [0.05, 0.1) is 12.2 Å². The smallest absolute Gasteiger partial charge is 0.422 e. The Morgan fingerprint density at radius 1 is 0.737 bits per heavy atom. The van der Waals surface area contributed by atoms with Crippen LogP contribution in [0, 0.1) is 17.5 Å². The van der Waals surface area contributed by atoms with Gasteiger partial charge in [-0.15, -0.1) is 0 Å². The monoisotopic (exact) mass is 532 g/mol. The zero-order valence-electron chi connectivity index (χ0n) is 20.7. The molecule has 0 N–H and O–H groups in total. The van der Waals surface area contributed by atoms with Crippen LogP contribution in [0.15, 0.2) is 66.7 Å². The molecule has 0 fully saturated rings. The normalized spacial score (nSPS) is 11.7. The fourth-order valence-corrected chi connectivity index (χ4v) is 4.13. The van der Waals surface area contributed by atoms with Crippen LogP contribution in [-0.2, 0) is 12.8 Å². The lowest BCUT2D eigenvalue weighted by molar-refractivity contribution is -0.153. The third-order valence-corrected chi connectivity index (χ3v) is 6.11. The summed E-state index contributed by atoms with van der Waals surface area (Å²) in [7, 11) is 0. The van der Waals surface area contributed by atoms with Crippen LogP contribution < -0.4 is 9.47 Å². The Labute approximate surface area is 216 Å². The molecule has 0 aromatic heterocycles. The Morgan fingerprint density at radius 2 is 1.45 bits per heavy atom. The molecule has 0 heterocycles. The number of alkyl halides is 3. The molecule has 4 rings (SSSR count). The molecular formula is C30H26F6O2. The van der Waals surface area contributed by atoms with Gasteiger partial charge in [0.1, 0.15) is 29.0 Å². The Bertz CT molecular complexity index is 1370. The summed E-state index contributed by atoms with van der Waals surface area (Å²) in [6, 6.07) is 16.3. The van der Waals surface area contributed by atoms with Gasteiger partial charge in [0, 0.05) is 17.5 Å². The molecule has 38 heavy (non-hydrogen) atoms. The van der Waals surface area contributed by atoms with Crippen molar-refractivity contribution >= 4 is 10.8 Å². The first-order valence-electron chi connectivity index (χ1n) is 12.3. The van der Waals surface area contributed by atoms with Crippen molar-refractivity contribution in [2.45, 2.75) is 38.8 Å². The molecule has 0 aliphatic carbocycles. The third kappa shape index (κ3) is 6.79. The summed E-state index contributed by atoms with van der Waals surface area (Å²) < 4.78 is 91.8. The van der Waals surface area contributed by atoms with Gasteiger partial charge in [-0.2, -0.15) is 13.2 Å². The van der Waals surface area contributed by atoms with E-state index in [2.05, 4.69) is 0 Å². The van der Waals surface area contributed by atoms with Crippen LogP contribution in [0.4, 0.5) is 26.3 Å². The lowest BCUT2D eigenvalue weighted by atomic mass is 9.96. The largest absolute Gasteiger partial charge is 0.493 e. The van der Waals surface area contributed by atoms with E-state index in [4.69, 9.17) is 9.47 Å². The highest BCUT2D eigenvalue weighted by Gasteiger charge is 2.28. The summed E-state index contributed by atoms with van der Waals surface area (Å²) in [5.41, 5.74) is 1.34. The third-order valence-electron chi connectivity index (χ3n) is 6.11. The maximum atomic E-state index is 15.3. The van der Waals surface area contributed by atoms with Crippen molar-refractivity contribution in [3.8, 4) is 22.6 Å². The lowest BCUT2D eigenvalue weighted by Gasteiger charge is -2.12. The molecular weight excluding hydrogens is 506 g/mol. The molecule has 0 aliphatic rings. The van der Waals surface area contributed by atoms with Gasteiger partial charge < -0.3 is 9.47 Å². The SMILES string of the molecule is CCCCOc1cc(F)c(-c2ccc3c(F)c(CCc4ccc(OCC(F)(F)F)cc4)ccc3c2)c(F)c1. The Morgan fingerprint density at radius 3 is 2.11 bits per heavy atom. The summed E-state index contributed by atoms with van der Waals surface area (Å²) in [5, 5.41) is 0.819. The summed E-state index contributed by atoms with van der Waals surface area (Å²) in [4.78, 5) is 0. The summed E-state index contributed by atoms with van der Waals surface area (Å²) >= 11 is 0. The summed E-state index contributed by atoms with van der Waals surface area (Å²) in [5.74, 6) is -1.73. The number of rotatable bonds is 10. The van der Waals surface area contributed by atoms with Crippen molar-refractivity contribution in [3.63, 3.8) is 0 Å². The van der Waals surface area contributed by atoms with Crippen LogP contribution >= 0.6 is 0 Å². The fourth-order valence-electron chi connectivity index (χ4n) is 4.13. The van der Waals surface area contributed by atoms with Gasteiger partial charge in [0.2, 0.25) is 0 Å². The standard InChI is InChI=1S/C30H26F6O2/c1-2-3-14-37-24-16-26(31)28(27(32)17-24)22-10-13-25-21(15-22)9-8-20(29(25)33)7-4-19-5-11-23(12-6-19)38-18-30(34,35)36/h5-6,8-13,15-17H,2-4,7,14,18H2,1H3. The predicted molar refractivity (Wildman–Crippen MR) is 135 cm³/mol. The molecule has 0 atom stereocenters. The summed E-state index contributed by atoms with van der Waals surface area (Å²) in [6.45, 7) is 0.990.